The summed E-state index contributed by atoms with van der Waals surface area (Å²) in [7, 11) is 0. The summed E-state index contributed by atoms with van der Waals surface area (Å²) in [6.07, 6.45) is 3.95. The highest BCUT2D eigenvalue weighted by molar-refractivity contribution is 5.95. The summed E-state index contributed by atoms with van der Waals surface area (Å²) < 4.78 is 0. The molecule has 57 heavy (non-hydrogen) atoms. The molecule has 1 aliphatic heterocycles. The second-order valence-corrected chi connectivity index (χ2v) is 16.4. The fourth-order valence-electron chi connectivity index (χ4n) is 7.26. The van der Waals surface area contributed by atoms with Crippen molar-refractivity contribution in [2.75, 3.05) is 24.5 Å². The largest absolute Gasteiger partial charge is 0.392 e. The minimum Gasteiger partial charge on any atom is -0.392 e. The molecule has 4 amide bonds. The van der Waals surface area contributed by atoms with Gasteiger partial charge in [-0.15, -0.1) is 6.42 Å². The lowest BCUT2D eigenvalue weighted by Crippen LogP contribution is -2.63. The second kappa shape index (κ2) is 19.0. The Bertz CT molecular complexity index is 2010. The molecule has 2 aromatic rings. The Hall–Kier alpha value is -5.66. The Balaban J connectivity index is 1.79. The summed E-state index contributed by atoms with van der Waals surface area (Å²) in [5.74, 6) is 7.03. The van der Waals surface area contributed by atoms with Crippen molar-refractivity contribution in [2.24, 2.45) is 21.7 Å². The molecule has 12 heteroatoms. The molecule has 302 valence electrons. The van der Waals surface area contributed by atoms with Crippen molar-refractivity contribution in [3.63, 3.8) is 0 Å². The summed E-state index contributed by atoms with van der Waals surface area (Å²) in [6, 6.07) is 19.5. The van der Waals surface area contributed by atoms with E-state index in [0.717, 1.165) is 11.1 Å². The SMILES string of the molecule is C#CCNC(=O)CCC(C)(C#N)C(C)(C)CC(C)(C(=O)NCC(C)O)C(C)(O)C(C)(C#N)CCC(=O)NCCC(=O)N1Cc2ccccc2C#Cc2ccccc21. The third-order valence-corrected chi connectivity index (χ3v) is 11.9. The molecule has 12 nitrogen and oxygen atoms in total. The van der Waals surface area contributed by atoms with Gasteiger partial charge in [-0.2, -0.15) is 10.5 Å². The zero-order chi connectivity index (χ0) is 42.7. The fraction of sp³-hybridized carbons (Fsp3) is 0.511. The molecule has 0 aliphatic carbocycles. The Morgan fingerprint density at radius 2 is 1.40 bits per heavy atom. The molecule has 0 radical (unpaired) electrons. The van der Waals surface area contributed by atoms with Gasteiger partial charge in [0.1, 0.15) is 0 Å². The Kier molecular flexibility index (Phi) is 15.2. The van der Waals surface area contributed by atoms with Crippen LogP contribution in [0, 0.1) is 68.5 Å². The quantitative estimate of drug-likeness (QED) is 0.137. The first-order valence-electron chi connectivity index (χ1n) is 19.2. The lowest BCUT2D eigenvalue weighted by molar-refractivity contribution is -0.174. The molecular weight excluding hydrogens is 721 g/mol. The molecule has 5 unspecified atom stereocenters. The van der Waals surface area contributed by atoms with E-state index < -0.39 is 45.2 Å². The van der Waals surface area contributed by atoms with Gasteiger partial charge in [0, 0.05) is 43.5 Å². The number of para-hydroxylation sites is 1. The van der Waals surface area contributed by atoms with Gasteiger partial charge < -0.3 is 31.1 Å². The van der Waals surface area contributed by atoms with Gasteiger partial charge in [0.15, 0.2) is 0 Å². The molecule has 3 rings (SSSR count). The van der Waals surface area contributed by atoms with Crippen molar-refractivity contribution in [2.45, 2.75) is 105 Å². The normalized spacial score (nSPS) is 16.7. The zero-order valence-corrected chi connectivity index (χ0v) is 34.2. The first kappa shape index (κ1) is 45.7. The second-order valence-electron chi connectivity index (χ2n) is 16.4. The predicted molar refractivity (Wildman–Crippen MR) is 217 cm³/mol. The number of nitrogens with one attached hydrogen (secondary N) is 3. The van der Waals surface area contributed by atoms with Gasteiger partial charge in [0.2, 0.25) is 23.6 Å². The van der Waals surface area contributed by atoms with Gasteiger partial charge in [-0.25, -0.2) is 0 Å². The van der Waals surface area contributed by atoms with Crippen LogP contribution >= 0.6 is 0 Å². The number of hydrogen-bond acceptors (Lipinski definition) is 8. The average molecular weight is 777 g/mol. The number of hydrogen-bond donors (Lipinski definition) is 5. The van der Waals surface area contributed by atoms with Crippen molar-refractivity contribution in [3.8, 4) is 36.3 Å². The number of nitrogens with zero attached hydrogens (tertiary/aromatic N) is 3. The fourth-order valence-corrected chi connectivity index (χ4v) is 7.26. The van der Waals surface area contributed by atoms with Crippen LogP contribution in [0.2, 0.25) is 0 Å². The van der Waals surface area contributed by atoms with Crippen LogP contribution < -0.4 is 20.9 Å². The van der Waals surface area contributed by atoms with E-state index in [1.54, 1.807) is 25.7 Å². The van der Waals surface area contributed by atoms with Gasteiger partial charge >= 0.3 is 0 Å². The molecule has 2 aromatic carbocycles. The predicted octanol–water partition coefficient (Wildman–Crippen LogP) is 4.48. The molecule has 5 N–H and O–H groups in total. The van der Waals surface area contributed by atoms with Crippen LogP contribution in [0.25, 0.3) is 0 Å². The maximum absolute atomic E-state index is 14.1. The van der Waals surface area contributed by atoms with Gasteiger partial charge in [-0.1, -0.05) is 61.9 Å². The van der Waals surface area contributed by atoms with E-state index in [9.17, 15) is 39.9 Å². The highest BCUT2D eigenvalue weighted by Crippen LogP contribution is 2.56. The van der Waals surface area contributed by atoms with Crippen molar-refractivity contribution in [1.82, 2.24) is 16.0 Å². The van der Waals surface area contributed by atoms with Crippen molar-refractivity contribution in [3.05, 3.63) is 65.2 Å². The average Bonchev–Trinajstić information content (AvgIpc) is 3.17. The third kappa shape index (κ3) is 10.6. The van der Waals surface area contributed by atoms with Crippen molar-refractivity contribution < 1.29 is 29.4 Å². The summed E-state index contributed by atoms with van der Waals surface area (Å²) in [5.41, 5.74) is -4.66. The summed E-state index contributed by atoms with van der Waals surface area (Å²) in [4.78, 5) is 55.2. The maximum Gasteiger partial charge on any atom is 0.229 e. The van der Waals surface area contributed by atoms with Crippen molar-refractivity contribution in [1.29, 1.82) is 10.5 Å². The van der Waals surface area contributed by atoms with Crippen LogP contribution in [0.3, 0.4) is 0 Å². The molecule has 5 atom stereocenters. The van der Waals surface area contributed by atoms with Crippen molar-refractivity contribution >= 4 is 29.3 Å². The number of aliphatic hydroxyl groups excluding tert-OH is 1. The van der Waals surface area contributed by atoms with Gasteiger partial charge in [-0.3, -0.25) is 19.2 Å². The number of amides is 4. The summed E-state index contributed by atoms with van der Waals surface area (Å²) >= 11 is 0. The number of carbonyl (C=O) groups is 4. The van der Waals surface area contributed by atoms with E-state index in [2.05, 4.69) is 45.9 Å². The first-order valence-corrected chi connectivity index (χ1v) is 19.2. The molecule has 0 fully saturated rings. The lowest BCUT2D eigenvalue weighted by atomic mass is 9.51. The van der Waals surface area contributed by atoms with E-state index in [0.29, 0.717) is 17.8 Å². The highest BCUT2D eigenvalue weighted by Gasteiger charge is 2.62. The smallest absolute Gasteiger partial charge is 0.229 e. The maximum atomic E-state index is 14.1. The zero-order valence-electron chi connectivity index (χ0n) is 34.2. The van der Waals surface area contributed by atoms with Crippen LogP contribution in [-0.2, 0) is 25.7 Å². The van der Waals surface area contributed by atoms with Crippen LogP contribution in [-0.4, -0.2) is 65.2 Å². The molecule has 0 spiro atoms. The topological polar surface area (TPSA) is 196 Å². The number of anilines is 1. The first-order chi connectivity index (χ1) is 26.7. The number of fused-ring (bicyclic) bond motifs is 2. The van der Waals surface area contributed by atoms with Gasteiger partial charge in [0.25, 0.3) is 0 Å². The van der Waals surface area contributed by atoms with E-state index in [4.69, 9.17) is 6.42 Å². The number of carbonyl (C=O) groups excluding carboxylic acids is 4. The number of nitriles is 2. The van der Waals surface area contributed by atoms with E-state index >= 15 is 0 Å². The minimum atomic E-state index is -2.11. The van der Waals surface area contributed by atoms with Gasteiger partial charge in [0.05, 0.1) is 58.9 Å². The van der Waals surface area contributed by atoms with Crippen LogP contribution in [0.1, 0.15) is 104 Å². The highest BCUT2D eigenvalue weighted by atomic mass is 16.3. The molecule has 1 heterocycles. The summed E-state index contributed by atoms with van der Waals surface area (Å²) in [6.45, 7) is 11.3. The Labute approximate surface area is 337 Å². The number of aliphatic hydroxyl groups is 2. The van der Waals surface area contributed by atoms with E-state index in [-0.39, 0.29) is 70.0 Å². The number of benzene rings is 2. The third-order valence-electron chi connectivity index (χ3n) is 11.9. The molecule has 0 aromatic heterocycles. The monoisotopic (exact) mass is 776 g/mol. The van der Waals surface area contributed by atoms with E-state index in [1.807, 2.05) is 48.5 Å². The summed E-state index contributed by atoms with van der Waals surface area (Å²) in [5, 5.41) is 51.6. The Morgan fingerprint density at radius 3 is 2.02 bits per heavy atom. The molecule has 1 aliphatic rings. The van der Waals surface area contributed by atoms with Crippen LogP contribution in [0.4, 0.5) is 5.69 Å². The number of rotatable bonds is 18. The lowest BCUT2D eigenvalue weighted by Gasteiger charge is -2.53. The van der Waals surface area contributed by atoms with E-state index in [1.165, 1.54) is 27.7 Å². The Morgan fingerprint density at radius 1 is 0.842 bits per heavy atom. The molecule has 0 saturated heterocycles. The minimum absolute atomic E-state index is 0.0112. The molecule has 0 bridgehead atoms. The van der Waals surface area contributed by atoms with Gasteiger partial charge in [-0.05, 0) is 83.1 Å². The standard InChI is InChI=1S/C45H56N6O6/c1-9-25-48-37(53)20-23-42(5,30-46)41(3,4)29-44(7,40(56)50-27-32(2)52)45(8,57)43(6,31-47)24-21-38(54)49-26-22-39(55)51-28-35-16-11-10-14-33(35)18-19-34-15-12-13-17-36(34)51/h1,10-17,32,52,57H,20-29H2,2-8H3,(H,48,53)(H,49,54)(H,50,56). The molecule has 0 saturated carbocycles. The molecular formula is C45H56N6O6. The van der Waals surface area contributed by atoms with Crippen LogP contribution in [0.5, 0.6) is 0 Å². The van der Waals surface area contributed by atoms with Crippen LogP contribution in [0.15, 0.2) is 48.5 Å². The number of terminal acetylenes is 1.